The number of aliphatic hydroxyl groups is 1. The first kappa shape index (κ1) is 11.4. The van der Waals surface area contributed by atoms with Gasteiger partial charge in [-0.15, -0.1) is 17.7 Å². The van der Waals surface area contributed by atoms with Gasteiger partial charge in [-0.2, -0.15) is 0 Å². The molecule has 1 atom stereocenters. The quantitative estimate of drug-likeness (QED) is 0.749. The number of rotatable bonds is 4. The number of ether oxygens (including phenoxy) is 1. The number of thiol groups is 1. The van der Waals surface area contributed by atoms with Crippen molar-refractivity contribution in [2.45, 2.75) is 31.7 Å². The summed E-state index contributed by atoms with van der Waals surface area (Å²) < 4.78 is 7.03. The molecule has 1 heterocycles. The van der Waals surface area contributed by atoms with E-state index in [9.17, 15) is 0 Å². The van der Waals surface area contributed by atoms with Crippen molar-refractivity contribution in [3.63, 3.8) is 0 Å². The van der Waals surface area contributed by atoms with Gasteiger partial charge < -0.3 is 9.84 Å². The molecule has 4 nitrogen and oxygen atoms in total. The van der Waals surface area contributed by atoms with Gasteiger partial charge in [-0.25, -0.2) is 0 Å². The molecule has 1 rings (SSSR count). The van der Waals surface area contributed by atoms with Gasteiger partial charge in [0.2, 0.25) is 5.88 Å². The first-order chi connectivity index (χ1) is 6.61. The molecule has 0 radical (unpaired) electrons. The van der Waals surface area contributed by atoms with E-state index in [0.717, 1.165) is 10.6 Å². The van der Waals surface area contributed by atoms with Crippen LogP contribution in [-0.2, 0) is 0 Å². The molecule has 5 heteroatoms. The highest BCUT2D eigenvalue weighted by Gasteiger charge is 2.15. The van der Waals surface area contributed by atoms with Crippen molar-refractivity contribution in [2.24, 2.45) is 0 Å². The fraction of sp³-hybridized carbons (Fsp3) is 0.667. The standard InChI is InChI=1S/C9H16N2O2S/c1-4-13-9-8(14)7(3)11(10-9)6(2)5-12/h6,12,14H,4-5H2,1-3H3. The van der Waals surface area contributed by atoms with Crippen LogP contribution in [0.25, 0.3) is 0 Å². The average Bonchev–Trinajstić information content (AvgIpc) is 2.46. The molecule has 14 heavy (non-hydrogen) atoms. The van der Waals surface area contributed by atoms with Crippen LogP contribution in [0.3, 0.4) is 0 Å². The second-order valence-corrected chi connectivity index (χ2v) is 3.60. The van der Waals surface area contributed by atoms with Crippen molar-refractivity contribution in [3.05, 3.63) is 5.69 Å². The number of hydrogen-bond donors (Lipinski definition) is 2. The fourth-order valence-corrected chi connectivity index (χ4v) is 1.44. The van der Waals surface area contributed by atoms with Gasteiger partial charge in [0, 0.05) is 0 Å². The molecule has 0 aliphatic heterocycles. The van der Waals surface area contributed by atoms with Crippen LogP contribution in [0.4, 0.5) is 0 Å². The second kappa shape index (κ2) is 4.70. The van der Waals surface area contributed by atoms with Crippen LogP contribution >= 0.6 is 12.6 Å². The summed E-state index contributed by atoms with van der Waals surface area (Å²) >= 11 is 4.31. The van der Waals surface area contributed by atoms with Crippen LogP contribution in [0.2, 0.25) is 0 Å². The smallest absolute Gasteiger partial charge is 0.246 e. The average molecular weight is 216 g/mol. The lowest BCUT2D eigenvalue weighted by atomic mass is 10.3. The summed E-state index contributed by atoms with van der Waals surface area (Å²) in [6, 6.07) is -0.0462. The molecule has 0 aliphatic rings. The number of aliphatic hydroxyl groups excluding tert-OH is 1. The summed E-state index contributed by atoms with van der Waals surface area (Å²) in [5.41, 5.74) is 0.915. The zero-order valence-corrected chi connectivity index (χ0v) is 9.58. The van der Waals surface area contributed by atoms with E-state index in [1.165, 1.54) is 0 Å². The highest BCUT2D eigenvalue weighted by molar-refractivity contribution is 7.80. The van der Waals surface area contributed by atoms with Gasteiger partial charge in [0.1, 0.15) is 0 Å². The van der Waals surface area contributed by atoms with Gasteiger partial charge in [0.15, 0.2) is 0 Å². The Morgan fingerprint density at radius 2 is 2.29 bits per heavy atom. The van der Waals surface area contributed by atoms with Crippen LogP contribution in [0.5, 0.6) is 5.88 Å². The summed E-state index contributed by atoms with van der Waals surface area (Å²) in [6.07, 6.45) is 0. The first-order valence-corrected chi connectivity index (χ1v) is 5.08. The molecule has 1 aromatic rings. The summed E-state index contributed by atoms with van der Waals surface area (Å²) in [5.74, 6) is 0.536. The van der Waals surface area contributed by atoms with Crippen LogP contribution in [0.15, 0.2) is 4.90 Å². The third kappa shape index (κ3) is 2.04. The Morgan fingerprint density at radius 1 is 1.64 bits per heavy atom. The zero-order valence-electron chi connectivity index (χ0n) is 8.69. The molecule has 1 N–H and O–H groups in total. The van der Waals surface area contributed by atoms with Crippen LogP contribution in [-0.4, -0.2) is 28.1 Å². The Labute approximate surface area is 89.3 Å². The SMILES string of the molecule is CCOc1nn(C(C)CO)c(C)c1S. The monoisotopic (exact) mass is 216 g/mol. The topological polar surface area (TPSA) is 47.3 Å². The normalized spacial score (nSPS) is 12.9. The maximum absolute atomic E-state index is 9.02. The van der Waals surface area contributed by atoms with Crippen molar-refractivity contribution < 1.29 is 9.84 Å². The zero-order chi connectivity index (χ0) is 10.7. The van der Waals surface area contributed by atoms with Gasteiger partial charge in [-0.1, -0.05) is 0 Å². The van der Waals surface area contributed by atoms with Gasteiger partial charge >= 0.3 is 0 Å². The second-order valence-electron chi connectivity index (χ2n) is 3.15. The Balaban J connectivity index is 3.01. The predicted molar refractivity (Wildman–Crippen MR) is 57.2 cm³/mol. The molecular formula is C9H16N2O2S. The Morgan fingerprint density at radius 3 is 2.79 bits per heavy atom. The van der Waals surface area contributed by atoms with E-state index in [1.807, 2.05) is 20.8 Å². The molecule has 0 saturated carbocycles. The highest BCUT2D eigenvalue weighted by Crippen LogP contribution is 2.26. The molecule has 0 aromatic carbocycles. The van der Waals surface area contributed by atoms with Crippen molar-refractivity contribution >= 4 is 12.6 Å². The molecule has 80 valence electrons. The molecule has 0 bridgehead atoms. The van der Waals surface area contributed by atoms with E-state index in [4.69, 9.17) is 9.84 Å². The lowest BCUT2D eigenvalue weighted by Crippen LogP contribution is -2.12. The molecule has 0 fully saturated rings. The van der Waals surface area contributed by atoms with Crippen molar-refractivity contribution in [1.29, 1.82) is 0 Å². The maximum Gasteiger partial charge on any atom is 0.246 e. The molecule has 1 unspecified atom stereocenters. The minimum atomic E-state index is -0.0462. The summed E-state index contributed by atoms with van der Waals surface area (Å²) in [4.78, 5) is 0.743. The molecule has 0 spiro atoms. The van der Waals surface area contributed by atoms with Crippen LogP contribution < -0.4 is 4.74 Å². The van der Waals surface area contributed by atoms with Gasteiger partial charge in [0.25, 0.3) is 0 Å². The van der Waals surface area contributed by atoms with E-state index in [0.29, 0.717) is 12.5 Å². The molecule has 0 aliphatic carbocycles. The van der Waals surface area contributed by atoms with E-state index >= 15 is 0 Å². The van der Waals surface area contributed by atoms with Crippen molar-refractivity contribution in [2.75, 3.05) is 13.2 Å². The first-order valence-electron chi connectivity index (χ1n) is 4.63. The number of aromatic nitrogens is 2. The molecule has 0 saturated heterocycles. The van der Waals surface area contributed by atoms with Crippen molar-refractivity contribution in [3.8, 4) is 5.88 Å². The lowest BCUT2D eigenvalue weighted by Gasteiger charge is -2.09. The van der Waals surface area contributed by atoms with Crippen LogP contribution in [0, 0.1) is 6.92 Å². The largest absolute Gasteiger partial charge is 0.476 e. The minimum Gasteiger partial charge on any atom is -0.476 e. The van der Waals surface area contributed by atoms with Gasteiger partial charge in [-0.3, -0.25) is 4.68 Å². The Kier molecular flexibility index (Phi) is 3.83. The summed E-state index contributed by atoms with van der Waals surface area (Å²) in [7, 11) is 0. The molecule has 0 amide bonds. The van der Waals surface area contributed by atoms with Gasteiger partial charge in [-0.05, 0) is 20.8 Å². The third-order valence-electron chi connectivity index (χ3n) is 2.05. The number of nitrogens with zero attached hydrogens (tertiary/aromatic N) is 2. The Hall–Kier alpha value is -0.680. The lowest BCUT2D eigenvalue weighted by molar-refractivity contribution is 0.224. The number of hydrogen-bond acceptors (Lipinski definition) is 4. The fourth-order valence-electron chi connectivity index (χ4n) is 1.22. The van der Waals surface area contributed by atoms with Crippen LogP contribution in [0.1, 0.15) is 25.6 Å². The highest BCUT2D eigenvalue weighted by atomic mass is 32.1. The summed E-state index contributed by atoms with van der Waals surface area (Å²) in [5, 5.41) is 13.2. The summed E-state index contributed by atoms with van der Waals surface area (Å²) in [6.45, 7) is 6.32. The Bertz CT molecular complexity index is 312. The van der Waals surface area contributed by atoms with Gasteiger partial charge in [0.05, 0.1) is 29.8 Å². The van der Waals surface area contributed by atoms with E-state index < -0.39 is 0 Å². The van der Waals surface area contributed by atoms with E-state index in [1.54, 1.807) is 4.68 Å². The van der Waals surface area contributed by atoms with Crippen molar-refractivity contribution in [1.82, 2.24) is 9.78 Å². The van der Waals surface area contributed by atoms with E-state index in [-0.39, 0.29) is 12.6 Å². The molecular weight excluding hydrogens is 200 g/mol. The van der Waals surface area contributed by atoms with E-state index in [2.05, 4.69) is 17.7 Å². The molecule has 1 aromatic heterocycles. The minimum absolute atomic E-state index is 0.0462. The maximum atomic E-state index is 9.02. The third-order valence-corrected chi connectivity index (χ3v) is 2.57. The predicted octanol–water partition coefficient (Wildman–Crippen LogP) is 1.43.